The number of fused-ring (bicyclic) bond motifs is 1. The lowest BCUT2D eigenvalue weighted by Gasteiger charge is -2.31. The van der Waals surface area contributed by atoms with Gasteiger partial charge in [-0.2, -0.15) is 0 Å². The van der Waals surface area contributed by atoms with Gasteiger partial charge in [-0.1, -0.05) is 6.07 Å². The summed E-state index contributed by atoms with van der Waals surface area (Å²) in [5.74, 6) is -2.90. The number of carbonyl (C=O) groups is 1. The summed E-state index contributed by atoms with van der Waals surface area (Å²) in [5, 5.41) is 1.00. The topological polar surface area (TPSA) is 45.3 Å². The molecule has 0 unspecified atom stereocenters. The van der Waals surface area contributed by atoms with Gasteiger partial charge in [0.2, 0.25) is 0 Å². The first-order valence-corrected chi connectivity index (χ1v) is 7.27. The highest BCUT2D eigenvalue weighted by Crippen LogP contribution is 2.29. The van der Waals surface area contributed by atoms with E-state index in [4.69, 9.17) is 4.74 Å². The zero-order chi connectivity index (χ0) is 15.7. The average molecular weight is 308 g/mol. The first-order chi connectivity index (χ1) is 10.5. The zero-order valence-corrected chi connectivity index (χ0v) is 12.4. The molecule has 0 atom stereocenters. The molecule has 6 heteroatoms. The minimum absolute atomic E-state index is 0.0815. The molecule has 0 bridgehead atoms. The van der Waals surface area contributed by atoms with Crippen LogP contribution in [0.2, 0.25) is 0 Å². The van der Waals surface area contributed by atoms with E-state index in [2.05, 4.69) is 4.98 Å². The zero-order valence-electron chi connectivity index (χ0n) is 12.4. The van der Waals surface area contributed by atoms with Crippen LogP contribution < -0.4 is 0 Å². The molecule has 0 saturated carbocycles. The molecular weight excluding hydrogens is 290 g/mol. The van der Waals surface area contributed by atoms with Crippen LogP contribution in [0.1, 0.15) is 28.8 Å². The van der Waals surface area contributed by atoms with Crippen molar-refractivity contribution < 1.29 is 18.3 Å². The predicted molar refractivity (Wildman–Crippen MR) is 79.1 cm³/mol. The second-order valence-electron chi connectivity index (χ2n) is 5.70. The molecule has 1 fully saturated rings. The van der Waals surface area contributed by atoms with E-state index in [1.807, 2.05) is 17.2 Å². The van der Waals surface area contributed by atoms with Gasteiger partial charge in [0.1, 0.15) is 0 Å². The molecule has 118 valence electrons. The number of hydrogen-bond donors (Lipinski definition) is 1. The molecule has 3 rings (SSSR count). The molecule has 0 aliphatic carbocycles. The molecular formula is C16H18F2N2O2. The molecule has 1 N–H and O–H groups in total. The van der Waals surface area contributed by atoms with Crippen LogP contribution in [0, 0.1) is 0 Å². The van der Waals surface area contributed by atoms with Crippen LogP contribution in [-0.4, -0.2) is 42.0 Å². The Balaban J connectivity index is 1.76. The normalized spacial score (nSPS) is 18.5. The standard InChI is InChI=1S/C16H18F2N2O2/c1-22-15(21)11-2-3-13-12(9-19-14(13)8-11)10-20-6-4-16(17,18)5-7-20/h2-3,8-9,19H,4-7,10H2,1H3. The fraction of sp³-hybridized carbons (Fsp3) is 0.438. The van der Waals surface area contributed by atoms with Crippen molar-refractivity contribution in [1.29, 1.82) is 0 Å². The summed E-state index contributed by atoms with van der Waals surface area (Å²) in [6, 6.07) is 5.33. The molecule has 2 heterocycles. The molecule has 1 aromatic carbocycles. The van der Waals surface area contributed by atoms with Crippen molar-refractivity contribution in [2.24, 2.45) is 0 Å². The first-order valence-electron chi connectivity index (χ1n) is 7.27. The smallest absolute Gasteiger partial charge is 0.337 e. The number of nitrogens with zero attached hydrogens (tertiary/aromatic N) is 1. The number of methoxy groups -OCH3 is 1. The number of carbonyl (C=O) groups excluding carboxylic acids is 1. The van der Waals surface area contributed by atoms with Crippen molar-refractivity contribution in [3.05, 3.63) is 35.5 Å². The highest BCUT2D eigenvalue weighted by atomic mass is 19.3. The molecule has 1 aliphatic heterocycles. The average Bonchev–Trinajstić information content (AvgIpc) is 2.91. The lowest BCUT2D eigenvalue weighted by atomic mass is 10.1. The van der Waals surface area contributed by atoms with Gasteiger partial charge in [0.25, 0.3) is 5.92 Å². The second kappa shape index (κ2) is 5.68. The molecule has 0 amide bonds. The Bertz CT molecular complexity index is 687. The highest BCUT2D eigenvalue weighted by molar-refractivity contribution is 5.95. The van der Waals surface area contributed by atoms with Crippen LogP contribution >= 0.6 is 0 Å². The lowest BCUT2D eigenvalue weighted by Crippen LogP contribution is -2.38. The maximum absolute atomic E-state index is 13.2. The third-order valence-electron chi connectivity index (χ3n) is 4.17. The molecule has 2 aromatic rings. The molecule has 0 spiro atoms. The molecule has 4 nitrogen and oxygen atoms in total. The summed E-state index contributed by atoms with van der Waals surface area (Å²) in [7, 11) is 1.35. The van der Waals surface area contributed by atoms with Crippen molar-refractivity contribution in [2.75, 3.05) is 20.2 Å². The minimum atomic E-state index is -2.52. The van der Waals surface area contributed by atoms with Crippen LogP contribution in [-0.2, 0) is 11.3 Å². The van der Waals surface area contributed by atoms with E-state index in [1.165, 1.54) is 7.11 Å². The van der Waals surface area contributed by atoms with E-state index in [0.29, 0.717) is 25.2 Å². The second-order valence-corrected chi connectivity index (χ2v) is 5.70. The van der Waals surface area contributed by atoms with Gasteiger partial charge in [-0.3, -0.25) is 4.90 Å². The van der Waals surface area contributed by atoms with Crippen LogP contribution in [0.4, 0.5) is 8.78 Å². The van der Waals surface area contributed by atoms with Gasteiger partial charge in [-0.25, -0.2) is 13.6 Å². The number of piperidine rings is 1. The van der Waals surface area contributed by atoms with Crippen molar-refractivity contribution >= 4 is 16.9 Å². The number of esters is 1. The Labute approximate surface area is 127 Å². The third kappa shape index (κ3) is 2.97. The van der Waals surface area contributed by atoms with Gasteiger partial charge < -0.3 is 9.72 Å². The number of aromatic nitrogens is 1. The number of halogens is 2. The SMILES string of the molecule is COC(=O)c1ccc2c(CN3CCC(F)(F)CC3)c[nH]c2c1. The number of benzene rings is 1. The number of H-pyrrole nitrogens is 1. The van der Waals surface area contributed by atoms with Crippen LogP contribution in [0.5, 0.6) is 0 Å². The molecule has 1 aliphatic rings. The Hall–Kier alpha value is -1.95. The molecule has 22 heavy (non-hydrogen) atoms. The van der Waals surface area contributed by atoms with Crippen molar-refractivity contribution in [3.8, 4) is 0 Å². The van der Waals surface area contributed by atoms with Crippen molar-refractivity contribution in [1.82, 2.24) is 9.88 Å². The van der Waals surface area contributed by atoms with E-state index in [9.17, 15) is 13.6 Å². The predicted octanol–water partition coefficient (Wildman–Crippen LogP) is 3.19. The number of alkyl halides is 2. The van der Waals surface area contributed by atoms with Gasteiger partial charge >= 0.3 is 5.97 Å². The number of ether oxygens (including phenoxy) is 1. The van der Waals surface area contributed by atoms with Gasteiger partial charge in [0.05, 0.1) is 12.7 Å². The summed E-state index contributed by atoms with van der Waals surface area (Å²) in [6.07, 6.45) is 1.71. The fourth-order valence-electron chi connectivity index (χ4n) is 2.84. The summed E-state index contributed by atoms with van der Waals surface area (Å²) >= 11 is 0. The van der Waals surface area contributed by atoms with Crippen LogP contribution in [0.25, 0.3) is 10.9 Å². The molecule has 0 radical (unpaired) electrons. The quantitative estimate of drug-likeness (QED) is 0.886. The van der Waals surface area contributed by atoms with Gasteiger partial charge in [0.15, 0.2) is 0 Å². The third-order valence-corrected chi connectivity index (χ3v) is 4.17. The van der Waals surface area contributed by atoms with Crippen LogP contribution in [0.15, 0.2) is 24.4 Å². The molecule has 1 aromatic heterocycles. The maximum atomic E-state index is 13.2. The van der Waals surface area contributed by atoms with Gasteiger partial charge in [-0.15, -0.1) is 0 Å². The highest BCUT2D eigenvalue weighted by Gasteiger charge is 2.33. The minimum Gasteiger partial charge on any atom is -0.465 e. The Morgan fingerprint density at radius 1 is 1.36 bits per heavy atom. The Morgan fingerprint density at radius 3 is 2.77 bits per heavy atom. The summed E-state index contributed by atoms with van der Waals surface area (Å²) < 4.78 is 31.1. The van der Waals surface area contributed by atoms with E-state index < -0.39 is 5.92 Å². The lowest BCUT2D eigenvalue weighted by molar-refractivity contribution is -0.0565. The summed E-state index contributed by atoms with van der Waals surface area (Å²) in [6.45, 7) is 1.44. The number of nitrogens with one attached hydrogen (secondary N) is 1. The number of rotatable bonds is 3. The first kappa shape index (κ1) is 15.0. The largest absolute Gasteiger partial charge is 0.465 e. The van der Waals surface area contributed by atoms with Gasteiger partial charge in [-0.05, 0) is 17.7 Å². The Morgan fingerprint density at radius 2 is 2.09 bits per heavy atom. The monoisotopic (exact) mass is 308 g/mol. The Kier molecular flexibility index (Phi) is 3.87. The summed E-state index contributed by atoms with van der Waals surface area (Å²) in [5.41, 5.74) is 2.39. The van der Waals surface area contributed by atoms with Crippen molar-refractivity contribution in [3.63, 3.8) is 0 Å². The number of aromatic amines is 1. The summed E-state index contributed by atoms with van der Waals surface area (Å²) in [4.78, 5) is 16.7. The van der Waals surface area contributed by atoms with Gasteiger partial charge in [0, 0.05) is 49.6 Å². The van der Waals surface area contributed by atoms with E-state index in [0.717, 1.165) is 16.5 Å². The van der Waals surface area contributed by atoms with E-state index >= 15 is 0 Å². The maximum Gasteiger partial charge on any atom is 0.337 e. The van der Waals surface area contributed by atoms with Crippen molar-refractivity contribution in [2.45, 2.75) is 25.3 Å². The molecule has 1 saturated heterocycles. The number of likely N-dealkylation sites (tertiary alicyclic amines) is 1. The van der Waals surface area contributed by atoms with E-state index in [1.54, 1.807) is 12.1 Å². The van der Waals surface area contributed by atoms with Crippen LogP contribution in [0.3, 0.4) is 0 Å². The van der Waals surface area contributed by atoms with E-state index in [-0.39, 0.29) is 18.8 Å². The fourth-order valence-corrected chi connectivity index (χ4v) is 2.84. The number of hydrogen-bond acceptors (Lipinski definition) is 3.